The minimum Gasteiger partial charge on any atom is -0.361 e. The number of thiazole rings is 1. The van der Waals surface area contributed by atoms with Crippen LogP contribution in [0.5, 0.6) is 0 Å². The topological polar surface area (TPSA) is 24.9 Å². The summed E-state index contributed by atoms with van der Waals surface area (Å²) in [4.78, 5) is 4.12. The predicted octanol–water partition coefficient (Wildman–Crippen LogP) is 3.50. The second kappa shape index (κ2) is 4.82. The van der Waals surface area contributed by atoms with E-state index in [1.165, 1.54) is 11.3 Å². The number of halogens is 1. The number of hydrogen-bond acceptors (Lipinski definition) is 3. The molecule has 2 nitrogen and oxygen atoms in total. The summed E-state index contributed by atoms with van der Waals surface area (Å²) in [6, 6.07) is 0. The van der Waals surface area contributed by atoms with Crippen molar-refractivity contribution in [1.29, 1.82) is 0 Å². The van der Waals surface area contributed by atoms with E-state index in [1.807, 2.05) is 0 Å². The maximum Gasteiger partial charge on any atom is 0.184 e. The van der Waals surface area contributed by atoms with E-state index in [1.54, 1.807) is 6.20 Å². The second-order valence-electron chi connectivity index (χ2n) is 3.57. The third-order valence-electron chi connectivity index (χ3n) is 2.19. The molecular formula is C9H15ClN2S. The Balaban J connectivity index is 2.35. The lowest BCUT2D eigenvalue weighted by molar-refractivity contribution is 0.439. The zero-order valence-corrected chi connectivity index (χ0v) is 9.75. The molecule has 1 unspecified atom stereocenters. The molecule has 74 valence electrons. The maximum atomic E-state index is 5.75. The molecule has 0 aliphatic heterocycles. The van der Waals surface area contributed by atoms with Crippen LogP contribution < -0.4 is 5.32 Å². The lowest BCUT2D eigenvalue weighted by Gasteiger charge is -2.15. The van der Waals surface area contributed by atoms with Gasteiger partial charge in [0.25, 0.3) is 0 Å². The fraction of sp³-hybridized carbons (Fsp3) is 0.667. The highest BCUT2D eigenvalue weighted by Gasteiger charge is 2.07. The first kappa shape index (κ1) is 10.8. The molecule has 1 aromatic rings. The normalized spacial score (nSPS) is 13.3. The van der Waals surface area contributed by atoms with Gasteiger partial charge in [0.15, 0.2) is 5.13 Å². The SMILES string of the molecule is CC(C)C(C)CNc1ncc(Cl)s1. The van der Waals surface area contributed by atoms with Crippen molar-refractivity contribution in [1.82, 2.24) is 4.98 Å². The van der Waals surface area contributed by atoms with Crippen molar-refractivity contribution < 1.29 is 0 Å². The Bertz CT molecular complexity index is 260. The van der Waals surface area contributed by atoms with Gasteiger partial charge in [0, 0.05) is 6.54 Å². The second-order valence-corrected chi connectivity index (χ2v) is 5.23. The Labute approximate surface area is 88.3 Å². The summed E-state index contributed by atoms with van der Waals surface area (Å²) < 4.78 is 0.736. The maximum absolute atomic E-state index is 5.75. The third-order valence-corrected chi connectivity index (χ3v) is 3.26. The first-order chi connectivity index (χ1) is 6.09. The summed E-state index contributed by atoms with van der Waals surface area (Å²) in [6.07, 6.45) is 1.68. The highest BCUT2D eigenvalue weighted by Crippen LogP contribution is 2.23. The van der Waals surface area contributed by atoms with Gasteiger partial charge in [0.2, 0.25) is 0 Å². The summed E-state index contributed by atoms with van der Waals surface area (Å²) >= 11 is 7.24. The van der Waals surface area contributed by atoms with Crippen LogP contribution in [-0.4, -0.2) is 11.5 Å². The largest absolute Gasteiger partial charge is 0.361 e. The summed E-state index contributed by atoms with van der Waals surface area (Å²) in [7, 11) is 0. The van der Waals surface area contributed by atoms with Crippen LogP contribution in [0.25, 0.3) is 0 Å². The smallest absolute Gasteiger partial charge is 0.184 e. The molecule has 1 heterocycles. The molecule has 0 saturated heterocycles. The van der Waals surface area contributed by atoms with Gasteiger partial charge in [0.05, 0.1) is 6.20 Å². The average molecular weight is 219 g/mol. The standard InChI is InChI=1S/C9H15ClN2S/c1-6(2)7(3)4-11-9-12-5-8(10)13-9/h5-7H,4H2,1-3H3,(H,11,12). The van der Waals surface area contributed by atoms with Crippen LogP contribution in [0.15, 0.2) is 6.20 Å². The van der Waals surface area contributed by atoms with Crippen LogP contribution in [0, 0.1) is 11.8 Å². The van der Waals surface area contributed by atoms with Crippen molar-refractivity contribution >= 4 is 28.1 Å². The molecule has 1 N–H and O–H groups in total. The molecule has 0 radical (unpaired) electrons. The van der Waals surface area contributed by atoms with E-state index in [4.69, 9.17) is 11.6 Å². The van der Waals surface area contributed by atoms with Gasteiger partial charge in [0.1, 0.15) is 4.34 Å². The molecule has 13 heavy (non-hydrogen) atoms. The Morgan fingerprint density at radius 1 is 1.54 bits per heavy atom. The van der Waals surface area contributed by atoms with E-state index in [-0.39, 0.29) is 0 Å². The number of rotatable bonds is 4. The number of nitrogens with one attached hydrogen (secondary N) is 1. The highest BCUT2D eigenvalue weighted by atomic mass is 35.5. The first-order valence-electron chi connectivity index (χ1n) is 4.44. The van der Waals surface area contributed by atoms with Crippen molar-refractivity contribution in [3.63, 3.8) is 0 Å². The molecule has 0 aliphatic carbocycles. The summed E-state index contributed by atoms with van der Waals surface area (Å²) in [5.41, 5.74) is 0. The fourth-order valence-electron chi connectivity index (χ4n) is 0.820. The minimum atomic E-state index is 0.655. The molecule has 4 heteroatoms. The minimum absolute atomic E-state index is 0.655. The molecule has 1 rings (SSSR count). The van der Waals surface area contributed by atoms with Crippen LogP contribution in [-0.2, 0) is 0 Å². The molecule has 0 aromatic carbocycles. The van der Waals surface area contributed by atoms with E-state index in [0.29, 0.717) is 11.8 Å². The van der Waals surface area contributed by atoms with Crippen molar-refractivity contribution in [2.45, 2.75) is 20.8 Å². The first-order valence-corrected chi connectivity index (χ1v) is 5.64. The van der Waals surface area contributed by atoms with Crippen LogP contribution >= 0.6 is 22.9 Å². The molecule has 1 aromatic heterocycles. The van der Waals surface area contributed by atoms with Gasteiger partial charge in [-0.1, -0.05) is 43.7 Å². The molecular weight excluding hydrogens is 204 g/mol. The van der Waals surface area contributed by atoms with E-state index >= 15 is 0 Å². The van der Waals surface area contributed by atoms with Crippen molar-refractivity contribution in [2.24, 2.45) is 11.8 Å². The highest BCUT2D eigenvalue weighted by molar-refractivity contribution is 7.19. The molecule has 0 saturated carbocycles. The van der Waals surface area contributed by atoms with Crippen LogP contribution in [0.3, 0.4) is 0 Å². The molecule has 0 aliphatic rings. The third kappa shape index (κ3) is 3.53. The number of hydrogen-bond donors (Lipinski definition) is 1. The Morgan fingerprint density at radius 2 is 2.23 bits per heavy atom. The lowest BCUT2D eigenvalue weighted by atomic mass is 9.98. The zero-order valence-electron chi connectivity index (χ0n) is 8.17. The van der Waals surface area contributed by atoms with E-state index in [2.05, 4.69) is 31.1 Å². The Hall–Kier alpha value is -0.280. The van der Waals surface area contributed by atoms with Gasteiger partial charge >= 0.3 is 0 Å². The van der Waals surface area contributed by atoms with Crippen LogP contribution in [0.4, 0.5) is 5.13 Å². The number of aromatic nitrogens is 1. The van der Waals surface area contributed by atoms with Gasteiger partial charge < -0.3 is 5.32 Å². The number of anilines is 1. The molecule has 0 amide bonds. The number of nitrogens with zero attached hydrogens (tertiary/aromatic N) is 1. The quantitative estimate of drug-likeness (QED) is 0.837. The van der Waals surface area contributed by atoms with Crippen LogP contribution in [0.2, 0.25) is 4.34 Å². The summed E-state index contributed by atoms with van der Waals surface area (Å²) in [5.74, 6) is 1.35. The fourth-order valence-corrected chi connectivity index (χ4v) is 1.64. The van der Waals surface area contributed by atoms with Gasteiger partial charge in [-0.3, -0.25) is 0 Å². The van der Waals surface area contributed by atoms with Crippen molar-refractivity contribution in [2.75, 3.05) is 11.9 Å². The summed E-state index contributed by atoms with van der Waals surface area (Å²) in [6.45, 7) is 7.64. The van der Waals surface area contributed by atoms with Gasteiger partial charge in [-0.25, -0.2) is 4.98 Å². The summed E-state index contributed by atoms with van der Waals surface area (Å²) in [5, 5.41) is 4.18. The van der Waals surface area contributed by atoms with E-state index in [0.717, 1.165) is 16.0 Å². The Morgan fingerprint density at radius 3 is 2.69 bits per heavy atom. The molecule has 0 fully saturated rings. The molecule has 0 bridgehead atoms. The molecule has 1 atom stereocenters. The van der Waals surface area contributed by atoms with Gasteiger partial charge in [-0.2, -0.15) is 0 Å². The van der Waals surface area contributed by atoms with E-state index in [9.17, 15) is 0 Å². The van der Waals surface area contributed by atoms with Gasteiger partial charge in [-0.05, 0) is 11.8 Å². The zero-order chi connectivity index (χ0) is 9.84. The Kier molecular flexibility index (Phi) is 4.00. The average Bonchev–Trinajstić information content (AvgIpc) is 2.47. The lowest BCUT2D eigenvalue weighted by Crippen LogP contribution is -2.15. The van der Waals surface area contributed by atoms with Gasteiger partial charge in [-0.15, -0.1) is 0 Å². The predicted molar refractivity (Wildman–Crippen MR) is 59.6 cm³/mol. The van der Waals surface area contributed by atoms with Crippen molar-refractivity contribution in [3.05, 3.63) is 10.5 Å². The molecule has 0 spiro atoms. The van der Waals surface area contributed by atoms with E-state index < -0.39 is 0 Å². The van der Waals surface area contributed by atoms with Crippen LogP contribution in [0.1, 0.15) is 20.8 Å². The van der Waals surface area contributed by atoms with Crippen molar-refractivity contribution in [3.8, 4) is 0 Å². The monoisotopic (exact) mass is 218 g/mol.